The van der Waals surface area contributed by atoms with Crippen LogP contribution in [0.1, 0.15) is 50.8 Å². The van der Waals surface area contributed by atoms with Crippen LogP contribution in [0, 0.1) is 12.7 Å². The molecular weight excluding hydrogens is 611 g/mol. The molecule has 2 fully saturated rings. The van der Waals surface area contributed by atoms with Crippen LogP contribution in [0.5, 0.6) is 11.9 Å². The lowest BCUT2D eigenvalue weighted by Crippen LogP contribution is -2.43. The van der Waals surface area contributed by atoms with Gasteiger partial charge in [-0.2, -0.15) is 23.1 Å². The normalized spacial score (nSPS) is 24.7. The molecule has 4 N–H and O–H groups in total. The van der Waals surface area contributed by atoms with E-state index in [1.807, 2.05) is 19.9 Å². The fourth-order valence-electron chi connectivity index (χ4n) is 6.71. The van der Waals surface area contributed by atoms with Crippen molar-refractivity contribution in [3.63, 3.8) is 0 Å². The highest BCUT2D eigenvalue weighted by Crippen LogP contribution is 2.42. The first-order valence-corrected chi connectivity index (χ1v) is 15.4. The standard InChI is InChI=1S/C31H37F5N8O2/c1-4-19-13-39-27-23-26(42-29(43-27)45-15-30-7-5-9-44(30)14-18(32)11-30)24(33)25(41-28(23)46-16(2)6-8-38-19)20-10-22(37)40-17(3)21(20)12-31(34,35)36/h4,10,16,18,38H,5-9,11-15H2,1-3H3,(H2,37,40)(H,39,42,43)/b19-4-/t16-,18+,30?/m0/s1. The van der Waals surface area contributed by atoms with Crippen molar-refractivity contribution in [1.29, 1.82) is 0 Å². The zero-order chi connectivity index (χ0) is 32.8. The molecule has 0 amide bonds. The maximum atomic E-state index is 16.8. The van der Waals surface area contributed by atoms with Crippen molar-refractivity contribution >= 4 is 22.5 Å². The molecule has 0 aromatic carbocycles. The van der Waals surface area contributed by atoms with Gasteiger partial charge < -0.3 is 25.8 Å². The fourth-order valence-corrected chi connectivity index (χ4v) is 6.71. The number of nitrogens with zero attached hydrogens (tertiary/aromatic N) is 5. The Morgan fingerprint density at radius 1 is 1.22 bits per heavy atom. The lowest BCUT2D eigenvalue weighted by atomic mass is 9.95. The second-order valence-electron chi connectivity index (χ2n) is 12.3. The average molecular weight is 649 g/mol. The first-order valence-electron chi connectivity index (χ1n) is 15.4. The summed E-state index contributed by atoms with van der Waals surface area (Å²) in [6.07, 6.45) is -3.00. The van der Waals surface area contributed by atoms with Crippen LogP contribution in [0.15, 0.2) is 17.8 Å². The number of alkyl halides is 4. The SMILES string of the molecule is C/C=C1/CNc2nc(OCC34CCCN3C[C@H](F)C4)nc3c(F)c(-c4cc(N)nc(C)c4CC(F)(F)F)nc(c23)O[C@@H](C)CCN1. The van der Waals surface area contributed by atoms with Crippen molar-refractivity contribution in [3.05, 3.63) is 34.9 Å². The van der Waals surface area contributed by atoms with E-state index in [0.717, 1.165) is 25.1 Å². The van der Waals surface area contributed by atoms with E-state index in [0.29, 0.717) is 25.9 Å². The quantitative estimate of drug-likeness (QED) is 0.316. The molecule has 3 aromatic rings. The van der Waals surface area contributed by atoms with E-state index in [1.54, 1.807) is 0 Å². The van der Waals surface area contributed by atoms with Crippen LogP contribution in [-0.2, 0) is 6.42 Å². The van der Waals surface area contributed by atoms with Crippen molar-refractivity contribution in [2.75, 3.05) is 43.8 Å². The van der Waals surface area contributed by atoms with Crippen LogP contribution in [0.2, 0.25) is 0 Å². The molecule has 0 bridgehead atoms. The third kappa shape index (κ3) is 6.33. The number of nitrogen functional groups attached to an aromatic ring is 1. The zero-order valence-electron chi connectivity index (χ0n) is 25.9. The van der Waals surface area contributed by atoms with Crippen molar-refractivity contribution in [2.45, 2.75) is 76.9 Å². The molecule has 0 radical (unpaired) electrons. The molecule has 3 aliphatic rings. The lowest BCUT2D eigenvalue weighted by Gasteiger charge is -2.30. The van der Waals surface area contributed by atoms with Gasteiger partial charge in [0.15, 0.2) is 5.82 Å². The number of hydrogen-bond acceptors (Lipinski definition) is 10. The van der Waals surface area contributed by atoms with Crippen molar-refractivity contribution in [1.82, 2.24) is 30.2 Å². The molecule has 6 heterocycles. The first kappa shape index (κ1) is 32.0. The Morgan fingerprint density at radius 3 is 2.78 bits per heavy atom. The van der Waals surface area contributed by atoms with E-state index < -0.39 is 41.9 Å². The first-order chi connectivity index (χ1) is 21.9. The number of aryl methyl sites for hydroxylation is 1. The van der Waals surface area contributed by atoms with E-state index in [-0.39, 0.29) is 64.4 Å². The highest BCUT2D eigenvalue weighted by Gasteiger charge is 2.49. The zero-order valence-corrected chi connectivity index (χ0v) is 25.9. The summed E-state index contributed by atoms with van der Waals surface area (Å²) >= 11 is 0. The van der Waals surface area contributed by atoms with Crippen LogP contribution in [0.3, 0.4) is 0 Å². The Hall–Kier alpha value is -4.01. The predicted octanol–water partition coefficient (Wildman–Crippen LogP) is 5.25. The molecule has 0 aliphatic carbocycles. The van der Waals surface area contributed by atoms with Gasteiger partial charge in [-0.3, -0.25) is 4.90 Å². The minimum absolute atomic E-state index is 0.00234. The maximum Gasteiger partial charge on any atom is 0.393 e. The van der Waals surface area contributed by atoms with Crippen molar-refractivity contribution in [3.8, 4) is 23.1 Å². The number of fused-ring (bicyclic) bond motifs is 1. The number of allylic oxidation sites excluding steroid dienone is 1. The summed E-state index contributed by atoms with van der Waals surface area (Å²) in [7, 11) is 0. The third-order valence-electron chi connectivity index (χ3n) is 8.96. The molecule has 3 atom stereocenters. The number of ether oxygens (including phenoxy) is 2. The summed E-state index contributed by atoms with van der Waals surface area (Å²) in [6, 6.07) is 1.01. The highest BCUT2D eigenvalue weighted by molar-refractivity contribution is 5.96. The van der Waals surface area contributed by atoms with Crippen LogP contribution in [-0.4, -0.2) is 81.6 Å². The van der Waals surface area contributed by atoms with Crippen molar-refractivity contribution < 1.29 is 31.4 Å². The maximum absolute atomic E-state index is 16.8. The van der Waals surface area contributed by atoms with Gasteiger partial charge in [-0.1, -0.05) is 6.08 Å². The topological polar surface area (TPSA) is 123 Å². The monoisotopic (exact) mass is 648 g/mol. The Morgan fingerprint density at radius 2 is 2.02 bits per heavy atom. The van der Waals surface area contributed by atoms with Crippen LogP contribution in [0.4, 0.5) is 33.6 Å². The van der Waals surface area contributed by atoms with Gasteiger partial charge in [-0.05, 0) is 51.8 Å². The lowest BCUT2D eigenvalue weighted by molar-refractivity contribution is -0.127. The fraction of sp³-hybridized carbons (Fsp3) is 0.548. The van der Waals surface area contributed by atoms with Crippen LogP contribution in [0.25, 0.3) is 22.2 Å². The minimum atomic E-state index is -4.61. The number of aromatic nitrogens is 4. The van der Waals surface area contributed by atoms with Crippen molar-refractivity contribution in [2.24, 2.45) is 0 Å². The number of rotatable bonds is 5. The molecular formula is C31H37F5N8O2. The number of halogens is 5. The molecule has 15 heteroatoms. The summed E-state index contributed by atoms with van der Waals surface area (Å²) in [5, 5.41) is 6.65. The summed E-state index contributed by atoms with van der Waals surface area (Å²) in [5.41, 5.74) is 5.18. The smallest absolute Gasteiger partial charge is 0.393 e. The second-order valence-corrected chi connectivity index (χ2v) is 12.3. The van der Waals surface area contributed by atoms with Gasteiger partial charge in [0, 0.05) is 42.9 Å². The van der Waals surface area contributed by atoms with Gasteiger partial charge in [-0.15, -0.1) is 0 Å². The molecule has 46 heavy (non-hydrogen) atoms. The summed E-state index contributed by atoms with van der Waals surface area (Å²) in [4.78, 5) is 19.6. The minimum Gasteiger partial charge on any atom is -0.474 e. The molecule has 10 nitrogen and oxygen atoms in total. The van der Waals surface area contributed by atoms with Gasteiger partial charge in [-0.25, -0.2) is 18.7 Å². The number of nitrogens with two attached hydrogens (primary N) is 1. The van der Waals surface area contributed by atoms with E-state index >= 15 is 4.39 Å². The Bertz CT molecular complexity index is 1670. The predicted molar refractivity (Wildman–Crippen MR) is 163 cm³/mol. The molecule has 3 aromatic heterocycles. The van der Waals surface area contributed by atoms with E-state index in [2.05, 4.69) is 35.5 Å². The molecule has 3 aliphatic heterocycles. The number of hydrogen-bond donors (Lipinski definition) is 3. The summed E-state index contributed by atoms with van der Waals surface area (Å²) < 4.78 is 84.7. The Kier molecular flexibility index (Phi) is 8.55. The van der Waals surface area contributed by atoms with Gasteiger partial charge >= 0.3 is 12.2 Å². The number of nitrogens with one attached hydrogen (secondary N) is 2. The van der Waals surface area contributed by atoms with Gasteiger partial charge in [0.1, 0.15) is 41.0 Å². The Balaban J connectivity index is 1.53. The van der Waals surface area contributed by atoms with Gasteiger partial charge in [0.05, 0.1) is 24.6 Å². The number of anilines is 2. The molecule has 6 rings (SSSR count). The molecule has 1 unspecified atom stereocenters. The highest BCUT2D eigenvalue weighted by atomic mass is 19.4. The molecule has 248 valence electrons. The van der Waals surface area contributed by atoms with Crippen LogP contribution < -0.4 is 25.8 Å². The Labute approximate surface area is 263 Å². The summed E-state index contributed by atoms with van der Waals surface area (Å²) in [6.45, 7) is 7.09. The van der Waals surface area contributed by atoms with E-state index in [1.165, 1.54) is 13.0 Å². The van der Waals surface area contributed by atoms with Gasteiger partial charge in [0.25, 0.3) is 0 Å². The molecule has 0 saturated carbocycles. The molecule has 0 spiro atoms. The van der Waals surface area contributed by atoms with Crippen LogP contribution >= 0.6 is 0 Å². The molecule has 2 saturated heterocycles. The second kappa shape index (κ2) is 12.3. The largest absolute Gasteiger partial charge is 0.474 e. The summed E-state index contributed by atoms with van der Waals surface area (Å²) in [5.74, 6) is -0.980. The van der Waals surface area contributed by atoms with Gasteiger partial charge in [0.2, 0.25) is 5.88 Å². The third-order valence-corrected chi connectivity index (χ3v) is 8.96. The average Bonchev–Trinajstić information content (AvgIpc) is 3.50. The van der Waals surface area contributed by atoms with E-state index in [4.69, 9.17) is 15.2 Å². The number of pyridine rings is 2. The van der Waals surface area contributed by atoms with E-state index in [9.17, 15) is 17.6 Å².